The number of pyridine rings is 1. The molecule has 0 radical (unpaired) electrons. The maximum Gasteiger partial charge on any atom is 0.318 e. The fraction of sp³-hybridized carbons (Fsp3) is 0.118. The van der Waals surface area contributed by atoms with Gasteiger partial charge >= 0.3 is 11.9 Å². The van der Waals surface area contributed by atoms with Gasteiger partial charge in [0, 0.05) is 23.9 Å². The number of carbonyl (C=O) groups is 2. The van der Waals surface area contributed by atoms with E-state index < -0.39 is 23.8 Å². The monoisotopic (exact) mass is 310 g/mol. The van der Waals surface area contributed by atoms with Crippen LogP contribution in [0.25, 0.3) is 11.0 Å². The number of carboxylic acids is 2. The third-order valence-corrected chi connectivity index (χ3v) is 3.82. The zero-order valence-corrected chi connectivity index (χ0v) is 12.0. The van der Waals surface area contributed by atoms with Gasteiger partial charge in [-0.05, 0) is 17.7 Å². The zero-order chi connectivity index (χ0) is 16.4. The Kier molecular flexibility index (Phi) is 3.80. The Morgan fingerprint density at radius 1 is 1.00 bits per heavy atom. The van der Waals surface area contributed by atoms with Crippen molar-refractivity contribution in [1.82, 2.24) is 9.97 Å². The number of benzene rings is 1. The van der Waals surface area contributed by atoms with Gasteiger partial charge in [-0.15, -0.1) is 0 Å². The van der Waals surface area contributed by atoms with E-state index in [1.54, 1.807) is 48.8 Å². The summed E-state index contributed by atoms with van der Waals surface area (Å²) in [6, 6.07) is 12.3. The van der Waals surface area contributed by atoms with E-state index in [2.05, 4.69) is 9.97 Å². The van der Waals surface area contributed by atoms with Crippen molar-refractivity contribution in [3.8, 4) is 0 Å². The Balaban J connectivity index is 2.23. The molecule has 0 aliphatic rings. The number of nitrogens with zero attached hydrogens (tertiary/aromatic N) is 1. The minimum Gasteiger partial charge on any atom is -0.481 e. The number of aromatic nitrogens is 2. The molecule has 1 aromatic carbocycles. The number of nitrogens with one attached hydrogen (secondary N) is 1. The SMILES string of the molecule is O=C(O)C(C(=O)O)C(c1ccccc1)c1c[nH]c2cccnc12. The van der Waals surface area contributed by atoms with Crippen LogP contribution in [0.5, 0.6) is 0 Å². The molecule has 116 valence electrons. The molecule has 6 nitrogen and oxygen atoms in total. The van der Waals surface area contributed by atoms with E-state index in [9.17, 15) is 19.8 Å². The molecule has 23 heavy (non-hydrogen) atoms. The third-order valence-electron chi connectivity index (χ3n) is 3.82. The van der Waals surface area contributed by atoms with Gasteiger partial charge in [-0.3, -0.25) is 14.6 Å². The van der Waals surface area contributed by atoms with E-state index in [0.717, 1.165) is 5.52 Å². The lowest BCUT2D eigenvalue weighted by Crippen LogP contribution is -2.30. The maximum absolute atomic E-state index is 11.6. The standard InChI is InChI=1S/C17H14N2O4/c20-16(21)14(17(22)23)13(10-5-2-1-3-6-10)11-9-19-12-7-4-8-18-15(11)12/h1-9,13-14,19H,(H,20,21)(H,22,23). The average Bonchev–Trinajstić information content (AvgIpc) is 2.96. The number of hydrogen-bond acceptors (Lipinski definition) is 3. The van der Waals surface area contributed by atoms with Gasteiger partial charge in [-0.1, -0.05) is 30.3 Å². The smallest absolute Gasteiger partial charge is 0.318 e. The van der Waals surface area contributed by atoms with E-state index in [-0.39, 0.29) is 0 Å². The highest BCUT2D eigenvalue weighted by molar-refractivity contribution is 5.95. The number of hydrogen-bond donors (Lipinski definition) is 3. The molecule has 0 amide bonds. The lowest BCUT2D eigenvalue weighted by molar-refractivity contribution is -0.155. The van der Waals surface area contributed by atoms with Crippen LogP contribution in [-0.2, 0) is 9.59 Å². The van der Waals surface area contributed by atoms with E-state index in [1.165, 1.54) is 0 Å². The van der Waals surface area contributed by atoms with Gasteiger partial charge in [0.1, 0.15) is 0 Å². The van der Waals surface area contributed by atoms with Crippen molar-refractivity contribution in [2.45, 2.75) is 5.92 Å². The Bertz CT molecular complexity index is 843. The highest BCUT2D eigenvalue weighted by Crippen LogP contribution is 2.36. The van der Waals surface area contributed by atoms with Crippen LogP contribution in [0.15, 0.2) is 54.9 Å². The van der Waals surface area contributed by atoms with E-state index >= 15 is 0 Å². The topological polar surface area (TPSA) is 103 Å². The fourth-order valence-electron chi connectivity index (χ4n) is 2.82. The van der Waals surface area contributed by atoms with Crippen molar-refractivity contribution in [2.75, 3.05) is 0 Å². The van der Waals surface area contributed by atoms with Crippen LogP contribution in [0.1, 0.15) is 17.0 Å². The van der Waals surface area contributed by atoms with Crippen LogP contribution < -0.4 is 0 Å². The predicted molar refractivity (Wildman–Crippen MR) is 83.1 cm³/mol. The molecule has 0 aliphatic heterocycles. The Hall–Kier alpha value is -3.15. The summed E-state index contributed by atoms with van der Waals surface area (Å²) in [5.74, 6) is -5.19. The molecular formula is C17H14N2O4. The van der Waals surface area contributed by atoms with E-state index in [4.69, 9.17) is 0 Å². The van der Waals surface area contributed by atoms with Crippen LogP contribution in [-0.4, -0.2) is 32.1 Å². The molecule has 3 rings (SSSR count). The van der Waals surface area contributed by atoms with Crippen LogP contribution in [0.4, 0.5) is 0 Å². The van der Waals surface area contributed by atoms with Crippen LogP contribution >= 0.6 is 0 Å². The highest BCUT2D eigenvalue weighted by Gasteiger charge is 2.38. The Morgan fingerprint density at radius 2 is 1.70 bits per heavy atom. The molecule has 0 saturated heterocycles. The average molecular weight is 310 g/mol. The minimum absolute atomic E-state index is 0.557. The molecule has 3 aromatic rings. The van der Waals surface area contributed by atoms with Gasteiger partial charge in [-0.2, -0.15) is 0 Å². The molecule has 0 bridgehead atoms. The minimum atomic E-state index is -1.60. The first-order valence-electron chi connectivity index (χ1n) is 7.02. The molecule has 3 N–H and O–H groups in total. The van der Waals surface area contributed by atoms with Gasteiger partial charge in [-0.25, -0.2) is 0 Å². The Morgan fingerprint density at radius 3 is 2.35 bits per heavy atom. The van der Waals surface area contributed by atoms with Gasteiger partial charge in [0.05, 0.1) is 11.0 Å². The summed E-state index contributed by atoms with van der Waals surface area (Å²) in [5, 5.41) is 18.9. The molecule has 1 atom stereocenters. The molecule has 2 heterocycles. The molecule has 0 saturated carbocycles. The first-order chi connectivity index (χ1) is 11.1. The first-order valence-corrected chi connectivity index (χ1v) is 7.02. The number of aliphatic carboxylic acids is 2. The molecular weight excluding hydrogens is 296 g/mol. The molecule has 0 spiro atoms. The first kappa shape index (κ1) is 14.8. The lowest BCUT2D eigenvalue weighted by atomic mass is 9.81. The number of carboxylic acid groups (broad SMARTS) is 2. The number of rotatable bonds is 5. The summed E-state index contributed by atoms with van der Waals surface area (Å²) in [6.45, 7) is 0. The molecule has 1 unspecified atom stereocenters. The fourth-order valence-corrected chi connectivity index (χ4v) is 2.82. The highest BCUT2D eigenvalue weighted by atomic mass is 16.4. The molecule has 0 fully saturated rings. The Labute approximate surface area is 131 Å². The predicted octanol–water partition coefficient (Wildman–Crippen LogP) is 2.48. The van der Waals surface area contributed by atoms with Gasteiger partial charge in [0.25, 0.3) is 0 Å². The van der Waals surface area contributed by atoms with E-state index in [0.29, 0.717) is 16.6 Å². The summed E-state index contributed by atoms with van der Waals surface area (Å²) < 4.78 is 0. The normalized spacial score (nSPS) is 12.4. The summed E-state index contributed by atoms with van der Waals surface area (Å²) in [5.41, 5.74) is 2.49. The van der Waals surface area contributed by atoms with Crippen molar-refractivity contribution in [1.29, 1.82) is 0 Å². The summed E-state index contributed by atoms with van der Waals surface area (Å²) in [7, 11) is 0. The molecule has 0 aliphatic carbocycles. The van der Waals surface area contributed by atoms with Gasteiger partial charge < -0.3 is 15.2 Å². The number of aromatic amines is 1. The van der Waals surface area contributed by atoms with Crippen molar-refractivity contribution in [2.24, 2.45) is 5.92 Å². The lowest BCUT2D eigenvalue weighted by Gasteiger charge is -2.21. The van der Waals surface area contributed by atoms with Crippen molar-refractivity contribution in [3.05, 3.63) is 66.0 Å². The zero-order valence-electron chi connectivity index (χ0n) is 12.0. The van der Waals surface area contributed by atoms with Crippen LogP contribution in [0.3, 0.4) is 0 Å². The largest absolute Gasteiger partial charge is 0.481 e. The second-order valence-electron chi connectivity index (χ2n) is 5.19. The van der Waals surface area contributed by atoms with Crippen molar-refractivity contribution >= 4 is 23.0 Å². The number of H-pyrrole nitrogens is 1. The quantitative estimate of drug-likeness (QED) is 0.628. The molecule has 6 heteroatoms. The number of fused-ring (bicyclic) bond motifs is 1. The van der Waals surface area contributed by atoms with Crippen LogP contribution in [0.2, 0.25) is 0 Å². The summed E-state index contributed by atoms with van der Waals surface area (Å²) >= 11 is 0. The van der Waals surface area contributed by atoms with E-state index in [1.807, 2.05) is 6.07 Å². The molecule has 2 aromatic heterocycles. The summed E-state index contributed by atoms with van der Waals surface area (Å²) in [4.78, 5) is 30.4. The van der Waals surface area contributed by atoms with Crippen molar-refractivity contribution < 1.29 is 19.8 Å². The van der Waals surface area contributed by atoms with Gasteiger partial charge in [0.2, 0.25) is 0 Å². The second-order valence-corrected chi connectivity index (χ2v) is 5.19. The second kappa shape index (κ2) is 5.92. The van der Waals surface area contributed by atoms with Gasteiger partial charge in [0.15, 0.2) is 5.92 Å². The summed E-state index contributed by atoms with van der Waals surface area (Å²) in [6.07, 6.45) is 3.23. The van der Waals surface area contributed by atoms with Crippen LogP contribution in [0, 0.1) is 5.92 Å². The maximum atomic E-state index is 11.6. The van der Waals surface area contributed by atoms with Crippen molar-refractivity contribution in [3.63, 3.8) is 0 Å². The third kappa shape index (κ3) is 2.66.